The van der Waals surface area contributed by atoms with E-state index in [0.717, 1.165) is 33.7 Å². The summed E-state index contributed by atoms with van der Waals surface area (Å²) in [6, 6.07) is 11.8. The third-order valence-electron chi connectivity index (χ3n) is 5.49. The van der Waals surface area contributed by atoms with Gasteiger partial charge < -0.3 is 10.2 Å². The fraction of sp³-hybridized carbons (Fsp3) is 0.440. The van der Waals surface area contributed by atoms with E-state index in [9.17, 15) is 18.0 Å². The van der Waals surface area contributed by atoms with Crippen molar-refractivity contribution in [2.75, 3.05) is 23.7 Å². The van der Waals surface area contributed by atoms with E-state index in [2.05, 4.69) is 5.32 Å². The zero-order valence-corrected chi connectivity index (χ0v) is 22.0. The second-order valence-electron chi connectivity index (χ2n) is 8.43. The van der Waals surface area contributed by atoms with Gasteiger partial charge in [-0.2, -0.15) is 0 Å². The van der Waals surface area contributed by atoms with Crippen LogP contribution >= 0.6 is 11.6 Å². The summed E-state index contributed by atoms with van der Waals surface area (Å²) in [7, 11) is -3.80. The SMILES string of the molecule is CCCNC(=O)[C@@H](CC)N(Cc1cccc(C)c1)C(=O)CN(c1ccc(C)c(Cl)c1)S(C)(=O)=O. The van der Waals surface area contributed by atoms with Gasteiger partial charge >= 0.3 is 0 Å². The molecule has 9 heteroatoms. The number of hydrogen-bond donors (Lipinski definition) is 1. The minimum absolute atomic E-state index is 0.185. The molecule has 2 rings (SSSR count). The molecule has 0 saturated heterocycles. The molecule has 0 unspecified atom stereocenters. The van der Waals surface area contributed by atoms with Crippen LogP contribution in [-0.2, 0) is 26.2 Å². The van der Waals surface area contributed by atoms with Crippen molar-refractivity contribution < 1.29 is 18.0 Å². The Kier molecular flexibility index (Phi) is 9.94. The highest BCUT2D eigenvalue weighted by Crippen LogP contribution is 2.25. The molecule has 2 aromatic rings. The lowest BCUT2D eigenvalue weighted by Crippen LogP contribution is -2.52. The van der Waals surface area contributed by atoms with Crippen LogP contribution in [0.4, 0.5) is 5.69 Å². The van der Waals surface area contributed by atoms with E-state index in [0.29, 0.717) is 23.7 Å². The number of nitrogens with one attached hydrogen (secondary N) is 1. The Morgan fingerprint density at radius 2 is 1.79 bits per heavy atom. The molecular formula is C25H34ClN3O4S. The minimum Gasteiger partial charge on any atom is -0.354 e. The predicted octanol–water partition coefficient (Wildman–Crippen LogP) is 4.06. The van der Waals surface area contributed by atoms with E-state index in [-0.39, 0.29) is 12.5 Å². The summed E-state index contributed by atoms with van der Waals surface area (Å²) in [6.45, 7) is 7.79. The fourth-order valence-corrected chi connectivity index (χ4v) is 4.66. The third-order valence-corrected chi connectivity index (χ3v) is 7.04. The molecule has 0 fully saturated rings. The number of halogens is 1. The molecule has 0 spiro atoms. The number of aryl methyl sites for hydroxylation is 2. The van der Waals surface area contributed by atoms with Crippen LogP contribution < -0.4 is 9.62 Å². The van der Waals surface area contributed by atoms with Crippen LogP contribution in [-0.4, -0.2) is 50.5 Å². The van der Waals surface area contributed by atoms with Crippen molar-refractivity contribution in [1.82, 2.24) is 10.2 Å². The zero-order chi connectivity index (χ0) is 25.5. The summed E-state index contributed by atoms with van der Waals surface area (Å²) in [5.41, 5.74) is 2.98. The second-order valence-corrected chi connectivity index (χ2v) is 10.7. The highest BCUT2D eigenvalue weighted by Gasteiger charge is 2.31. The molecule has 0 aliphatic carbocycles. The van der Waals surface area contributed by atoms with Crippen molar-refractivity contribution in [1.29, 1.82) is 0 Å². The molecule has 1 atom stereocenters. The average molecular weight is 508 g/mol. The topological polar surface area (TPSA) is 86.8 Å². The number of nitrogens with zero attached hydrogens (tertiary/aromatic N) is 2. The first-order valence-corrected chi connectivity index (χ1v) is 13.6. The molecular weight excluding hydrogens is 474 g/mol. The fourth-order valence-electron chi connectivity index (χ4n) is 3.64. The average Bonchev–Trinajstić information content (AvgIpc) is 2.77. The van der Waals surface area contributed by atoms with Crippen molar-refractivity contribution in [3.8, 4) is 0 Å². The summed E-state index contributed by atoms with van der Waals surface area (Å²) in [6.07, 6.45) is 2.20. The molecule has 0 bridgehead atoms. The van der Waals surface area contributed by atoms with Crippen LogP contribution in [0.2, 0.25) is 5.02 Å². The number of benzene rings is 2. The molecule has 0 aliphatic heterocycles. The van der Waals surface area contributed by atoms with Crippen LogP contribution in [0.3, 0.4) is 0 Å². The number of hydrogen-bond acceptors (Lipinski definition) is 4. The Bertz CT molecular complexity index is 1120. The van der Waals surface area contributed by atoms with E-state index < -0.39 is 28.5 Å². The molecule has 0 saturated carbocycles. The van der Waals surface area contributed by atoms with Gasteiger partial charge in [0, 0.05) is 18.1 Å². The lowest BCUT2D eigenvalue weighted by atomic mass is 10.1. The van der Waals surface area contributed by atoms with Gasteiger partial charge in [-0.25, -0.2) is 8.42 Å². The zero-order valence-electron chi connectivity index (χ0n) is 20.5. The molecule has 186 valence electrons. The highest BCUT2D eigenvalue weighted by molar-refractivity contribution is 7.92. The number of sulfonamides is 1. The molecule has 1 N–H and O–H groups in total. The smallest absolute Gasteiger partial charge is 0.244 e. The molecule has 0 aromatic heterocycles. The van der Waals surface area contributed by atoms with Crippen LogP contribution in [0, 0.1) is 13.8 Å². The molecule has 0 aliphatic rings. The Balaban J connectivity index is 2.44. The minimum atomic E-state index is -3.80. The lowest BCUT2D eigenvalue weighted by Gasteiger charge is -2.33. The molecule has 34 heavy (non-hydrogen) atoms. The van der Waals surface area contributed by atoms with E-state index >= 15 is 0 Å². The van der Waals surface area contributed by atoms with Gasteiger partial charge in [0.25, 0.3) is 0 Å². The summed E-state index contributed by atoms with van der Waals surface area (Å²) in [4.78, 5) is 28.0. The maximum atomic E-state index is 13.6. The van der Waals surface area contributed by atoms with Gasteiger partial charge in [0.05, 0.1) is 11.9 Å². The largest absolute Gasteiger partial charge is 0.354 e. The van der Waals surface area contributed by atoms with Gasteiger partial charge in [-0.05, 0) is 49.9 Å². The van der Waals surface area contributed by atoms with Crippen LogP contribution in [0.1, 0.15) is 43.4 Å². The number of rotatable bonds is 11. The van der Waals surface area contributed by atoms with Crippen molar-refractivity contribution in [2.24, 2.45) is 0 Å². The predicted molar refractivity (Wildman–Crippen MR) is 137 cm³/mol. The van der Waals surface area contributed by atoms with E-state index in [1.807, 2.05) is 52.0 Å². The lowest BCUT2D eigenvalue weighted by molar-refractivity contribution is -0.140. The van der Waals surface area contributed by atoms with Crippen LogP contribution in [0.25, 0.3) is 0 Å². The summed E-state index contributed by atoms with van der Waals surface area (Å²) < 4.78 is 26.3. The molecule has 0 heterocycles. The van der Waals surface area contributed by atoms with E-state index in [4.69, 9.17) is 11.6 Å². The third kappa shape index (κ3) is 7.46. The highest BCUT2D eigenvalue weighted by atomic mass is 35.5. The second kappa shape index (κ2) is 12.2. The molecule has 7 nitrogen and oxygen atoms in total. The summed E-state index contributed by atoms with van der Waals surface area (Å²) in [5.74, 6) is -0.725. The first kappa shape index (κ1) is 27.7. The van der Waals surface area contributed by atoms with Gasteiger partial charge in [0.15, 0.2) is 0 Å². The van der Waals surface area contributed by atoms with E-state index in [1.54, 1.807) is 12.1 Å². The Morgan fingerprint density at radius 3 is 2.35 bits per heavy atom. The van der Waals surface area contributed by atoms with Gasteiger partial charge in [0.1, 0.15) is 12.6 Å². The van der Waals surface area contributed by atoms with Gasteiger partial charge in [-0.1, -0.05) is 61.3 Å². The first-order valence-electron chi connectivity index (χ1n) is 11.3. The molecule has 0 radical (unpaired) electrons. The van der Waals surface area contributed by atoms with Crippen LogP contribution in [0.15, 0.2) is 42.5 Å². The standard InChI is InChI=1S/C25H34ClN3O4S/c1-6-13-27-25(31)23(7-2)28(16-20-10-8-9-18(3)14-20)24(30)17-29(34(5,32)33)21-12-11-19(4)22(26)15-21/h8-12,14-15,23H,6-7,13,16-17H2,1-5H3,(H,27,31)/t23-/m1/s1. The first-order chi connectivity index (χ1) is 16.0. The number of carbonyl (C=O) groups is 2. The van der Waals surface area contributed by atoms with E-state index in [1.165, 1.54) is 11.0 Å². The maximum Gasteiger partial charge on any atom is 0.244 e. The van der Waals surface area contributed by atoms with Gasteiger partial charge in [-0.15, -0.1) is 0 Å². The Labute approximate surface area is 208 Å². The summed E-state index contributed by atoms with van der Waals surface area (Å²) >= 11 is 6.22. The quantitative estimate of drug-likeness (QED) is 0.497. The maximum absolute atomic E-state index is 13.6. The van der Waals surface area contributed by atoms with Crippen molar-refractivity contribution in [2.45, 2.75) is 53.1 Å². The Hall–Kier alpha value is -2.58. The number of carbonyl (C=O) groups excluding carboxylic acids is 2. The monoisotopic (exact) mass is 507 g/mol. The van der Waals surface area contributed by atoms with Crippen LogP contribution in [0.5, 0.6) is 0 Å². The number of amides is 2. The summed E-state index contributed by atoms with van der Waals surface area (Å²) in [5, 5.41) is 3.27. The van der Waals surface area contributed by atoms with Gasteiger partial charge in [0.2, 0.25) is 21.8 Å². The number of anilines is 1. The Morgan fingerprint density at radius 1 is 1.09 bits per heavy atom. The van der Waals surface area contributed by atoms with Crippen molar-refractivity contribution in [3.63, 3.8) is 0 Å². The normalized spacial score (nSPS) is 12.2. The van der Waals surface area contributed by atoms with Gasteiger partial charge in [-0.3, -0.25) is 13.9 Å². The van der Waals surface area contributed by atoms with Crippen molar-refractivity contribution >= 4 is 39.1 Å². The molecule has 2 aromatic carbocycles. The van der Waals surface area contributed by atoms with Crippen molar-refractivity contribution in [3.05, 3.63) is 64.2 Å². The molecule has 2 amide bonds.